The van der Waals surface area contributed by atoms with E-state index in [4.69, 9.17) is 4.74 Å². The maximum Gasteiger partial charge on any atom is 0.239 e. The predicted molar refractivity (Wildman–Crippen MR) is 81.1 cm³/mol. The van der Waals surface area contributed by atoms with E-state index in [2.05, 4.69) is 9.80 Å². The largest absolute Gasteiger partial charge is 0.381 e. The summed E-state index contributed by atoms with van der Waals surface area (Å²) in [6, 6.07) is 0.749. The Morgan fingerprint density at radius 2 is 1.81 bits per heavy atom. The van der Waals surface area contributed by atoms with Crippen molar-refractivity contribution in [2.75, 3.05) is 32.8 Å². The van der Waals surface area contributed by atoms with Gasteiger partial charge in [-0.1, -0.05) is 6.42 Å². The second kappa shape index (κ2) is 5.54. The monoisotopic (exact) mass is 292 g/mol. The van der Waals surface area contributed by atoms with Crippen LogP contribution < -0.4 is 0 Å². The van der Waals surface area contributed by atoms with Crippen molar-refractivity contribution < 1.29 is 9.53 Å². The minimum absolute atomic E-state index is 0.170. The van der Waals surface area contributed by atoms with Crippen molar-refractivity contribution in [2.45, 2.75) is 63.5 Å². The fourth-order valence-corrected chi connectivity index (χ4v) is 4.93. The highest BCUT2D eigenvalue weighted by Crippen LogP contribution is 2.48. The first kappa shape index (κ1) is 14.0. The fraction of sp³-hybridized carbons (Fsp3) is 0.941. The Labute approximate surface area is 127 Å². The average molecular weight is 292 g/mol. The standard InChI is InChI=1S/C17H28N2O2/c20-16(18-10-8-17(13-18)6-2-7-17)15-3-1-9-19(15)14-4-11-21-12-5-14/h14-15H,1-13H2. The molecule has 1 spiro atoms. The number of carbonyl (C=O) groups is 1. The normalized spacial score (nSPS) is 33.5. The second-order valence-corrected chi connectivity index (χ2v) is 7.60. The quantitative estimate of drug-likeness (QED) is 0.781. The highest BCUT2D eigenvalue weighted by Gasteiger charge is 2.46. The lowest BCUT2D eigenvalue weighted by molar-refractivity contribution is -0.137. The molecule has 1 amide bonds. The third kappa shape index (κ3) is 2.50. The summed E-state index contributed by atoms with van der Waals surface area (Å²) in [4.78, 5) is 17.7. The van der Waals surface area contributed by atoms with Gasteiger partial charge in [-0.15, -0.1) is 0 Å². The number of carbonyl (C=O) groups excluding carboxylic acids is 1. The first-order valence-electron chi connectivity index (χ1n) is 8.90. The topological polar surface area (TPSA) is 32.8 Å². The zero-order valence-electron chi connectivity index (χ0n) is 13.1. The molecule has 0 aromatic rings. The van der Waals surface area contributed by atoms with E-state index in [0.717, 1.165) is 52.1 Å². The Morgan fingerprint density at radius 3 is 2.48 bits per heavy atom. The summed E-state index contributed by atoms with van der Waals surface area (Å²) >= 11 is 0. The third-order valence-corrected chi connectivity index (χ3v) is 6.40. The van der Waals surface area contributed by atoms with E-state index < -0.39 is 0 Å². The van der Waals surface area contributed by atoms with Crippen LogP contribution in [0.25, 0.3) is 0 Å². The molecule has 118 valence electrons. The van der Waals surface area contributed by atoms with Crippen molar-refractivity contribution in [1.82, 2.24) is 9.80 Å². The van der Waals surface area contributed by atoms with Gasteiger partial charge in [0, 0.05) is 32.3 Å². The van der Waals surface area contributed by atoms with Gasteiger partial charge in [0.25, 0.3) is 0 Å². The van der Waals surface area contributed by atoms with Gasteiger partial charge in [0.1, 0.15) is 0 Å². The van der Waals surface area contributed by atoms with Crippen LogP contribution in [0.2, 0.25) is 0 Å². The predicted octanol–water partition coefficient (Wildman–Crippen LogP) is 2.03. The Kier molecular flexibility index (Phi) is 3.70. The number of hydrogen-bond donors (Lipinski definition) is 0. The molecule has 1 unspecified atom stereocenters. The lowest BCUT2D eigenvalue weighted by Gasteiger charge is -2.39. The van der Waals surface area contributed by atoms with Crippen LogP contribution in [0, 0.1) is 5.41 Å². The number of nitrogens with zero attached hydrogens (tertiary/aromatic N) is 2. The Morgan fingerprint density at radius 1 is 1.00 bits per heavy atom. The zero-order valence-corrected chi connectivity index (χ0v) is 13.1. The number of ether oxygens (including phenoxy) is 1. The van der Waals surface area contributed by atoms with E-state index >= 15 is 0 Å². The molecule has 4 rings (SSSR count). The molecule has 3 aliphatic heterocycles. The van der Waals surface area contributed by atoms with E-state index in [1.54, 1.807) is 0 Å². The Bertz CT molecular complexity index is 402. The molecule has 4 aliphatic rings. The smallest absolute Gasteiger partial charge is 0.239 e. The first-order chi connectivity index (χ1) is 10.3. The molecule has 4 heteroatoms. The summed E-state index contributed by atoms with van der Waals surface area (Å²) in [6.45, 7) is 4.91. The SMILES string of the molecule is O=C(C1CCCN1C1CCOCC1)N1CCC2(CCC2)C1. The van der Waals surface area contributed by atoms with Crippen molar-refractivity contribution in [2.24, 2.45) is 5.41 Å². The number of amides is 1. The van der Waals surface area contributed by atoms with Gasteiger partial charge in [-0.2, -0.15) is 0 Å². The third-order valence-electron chi connectivity index (χ3n) is 6.40. The molecule has 0 radical (unpaired) electrons. The van der Waals surface area contributed by atoms with Crippen molar-refractivity contribution in [3.63, 3.8) is 0 Å². The van der Waals surface area contributed by atoms with Gasteiger partial charge in [-0.05, 0) is 56.9 Å². The molecule has 0 bridgehead atoms. The highest BCUT2D eigenvalue weighted by atomic mass is 16.5. The molecule has 1 atom stereocenters. The molecule has 21 heavy (non-hydrogen) atoms. The summed E-state index contributed by atoms with van der Waals surface area (Å²) < 4.78 is 5.48. The summed E-state index contributed by atoms with van der Waals surface area (Å²) in [6.07, 6.45) is 9.80. The second-order valence-electron chi connectivity index (χ2n) is 7.60. The van der Waals surface area contributed by atoms with Crippen molar-refractivity contribution in [3.8, 4) is 0 Å². The minimum Gasteiger partial charge on any atom is -0.381 e. The number of hydrogen-bond acceptors (Lipinski definition) is 3. The van der Waals surface area contributed by atoms with Gasteiger partial charge < -0.3 is 9.64 Å². The van der Waals surface area contributed by atoms with Crippen molar-refractivity contribution in [3.05, 3.63) is 0 Å². The lowest BCUT2D eigenvalue weighted by atomic mass is 9.68. The first-order valence-corrected chi connectivity index (χ1v) is 8.90. The van der Waals surface area contributed by atoms with E-state index in [0.29, 0.717) is 17.4 Å². The number of likely N-dealkylation sites (tertiary alicyclic amines) is 2. The molecule has 1 aliphatic carbocycles. The Hall–Kier alpha value is -0.610. The van der Waals surface area contributed by atoms with E-state index in [9.17, 15) is 4.79 Å². The van der Waals surface area contributed by atoms with Gasteiger partial charge >= 0.3 is 0 Å². The molecule has 0 N–H and O–H groups in total. The van der Waals surface area contributed by atoms with Crippen molar-refractivity contribution >= 4 is 5.91 Å². The van der Waals surface area contributed by atoms with E-state index in [1.165, 1.54) is 32.1 Å². The van der Waals surface area contributed by atoms with Crippen LogP contribution in [0.3, 0.4) is 0 Å². The molecule has 0 aromatic carbocycles. The molecule has 4 nitrogen and oxygen atoms in total. The van der Waals surface area contributed by atoms with Crippen LogP contribution in [0.4, 0.5) is 0 Å². The van der Waals surface area contributed by atoms with Crippen LogP contribution in [0.5, 0.6) is 0 Å². The van der Waals surface area contributed by atoms with Crippen LogP contribution in [-0.4, -0.2) is 60.6 Å². The molecule has 1 saturated carbocycles. The maximum absolute atomic E-state index is 13.0. The lowest BCUT2D eigenvalue weighted by Crippen LogP contribution is -2.50. The highest BCUT2D eigenvalue weighted by molar-refractivity contribution is 5.82. The van der Waals surface area contributed by atoms with Crippen LogP contribution in [-0.2, 0) is 9.53 Å². The average Bonchev–Trinajstić information content (AvgIpc) is 3.14. The summed E-state index contributed by atoms with van der Waals surface area (Å²) in [7, 11) is 0. The molecule has 4 fully saturated rings. The molecular weight excluding hydrogens is 264 g/mol. The van der Waals surface area contributed by atoms with Gasteiger partial charge in [-0.3, -0.25) is 9.69 Å². The Balaban J connectivity index is 1.41. The zero-order chi connectivity index (χ0) is 14.3. The van der Waals surface area contributed by atoms with Gasteiger partial charge in [0.2, 0.25) is 5.91 Å². The van der Waals surface area contributed by atoms with E-state index in [-0.39, 0.29) is 6.04 Å². The maximum atomic E-state index is 13.0. The van der Waals surface area contributed by atoms with Crippen LogP contribution >= 0.6 is 0 Å². The summed E-state index contributed by atoms with van der Waals surface area (Å²) in [5.41, 5.74) is 0.526. The summed E-state index contributed by atoms with van der Waals surface area (Å²) in [5.74, 6) is 0.433. The van der Waals surface area contributed by atoms with Gasteiger partial charge in [0.05, 0.1) is 6.04 Å². The summed E-state index contributed by atoms with van der Waals surface area (Å²) in [5, 5.41) is 0. The van der Waals surface area contributed by atoms with Gasteiger partial charge in [0.15, 0.2) is 0 Å². The molecular formula is C17H28N2O2. The van der Waals surface area contributed by atoms with E-state index in [1.807, 2.05) is 0 Å². The fourth-order valence-electron chi connectivity index (χ4n) is 4.93. The van der Waals surface area contributed by atoms with Crippen molar-refractivity contribution in [1.29, 1.82) is 0 Å². The minimum atomic E-state index is 0.170. The molecule has 0 aromatic heterocycles. The van der Waals surface area contributed by atoms with Crippen LogP contribution in [0.15, 0.2) is 0 Å². The van der Waals surface area contributed by atoms with Gasteiger partial charge in [-0.25, -0.2) is 0 Å². The number of rotatable bonds is 2. The van der Waals surface area contributed by atoms with Crippen LogP contribution in [0.1, 0.15) is 51.4 Å². The molecule has 3 saturated heterocycles. The molecule has 3 heterocycles.